The molecule has 3 aromatic rings. The lowest BCUT2D eigenvalue weighted by Gasteiger charge is -2.16. The van der Waals surface area contributed by atoms with Crippen LogP contribution in [-0.4, -0.2) is 21.6 Å². The second-order valence-electron chi connectivity index (χ2n) is 7.36. The molecule has 7 nitrogen and oxygen atoms in total. The van der Waals surface area contributed by atoms with Crippen molar-refractivity contribution in [2.24, 2.45) is 5.92 Å². The number of hydrogen-bond donors (Lipinski definition) is 2. The number of nitrogens with one attached hydrogen (secondary N) is 2. The van der Waals surface area contributed by atoms with Crippen LogP contribution < -0.4 is 16.1 Å². The number of anilines is 1. The Balaban J connectivity index is 1.40. The van der Waals surface area contributed by atoms with Crippen LogP contribution in [0.25, 0.3) is 10.9 Å². The lowest BCUT2D eigenvalue weighted by Crippen LogP contribution is -2.31. The molecule has 1 heterocycles. The first kappa shape index (κ1) is 18.9. The Hall–Kier alpha value is -3.48. The molecule has 29 heavy (non-hydrogen) atoms. The highest BCUT2D eigenvalue weighted by atomic mass is 16.2. The topological polar surface area (TPSA) is 93.1 Å². The number of fused-ring (bicyclic) bond motifs is 1. The molecule has 0 aliphatic heterocycles. The summed E-state index contributed by atoms with van der Waals surface area (Å²) in [7, 11) is 0. The lowest BCUT2D eigenvalue weighted by atomic mass is 10.1. The van der Waals surface area contributed by atoms with Crippen LogP contribution in [0.1, 0.15) is 31.4 Å². The van der Waals surface area contributed by atoms with Crippen LogP contribution in [0.15, 0.2) is 59.5 Å². The van der Waals surface area contributed by atoms with Gasteiger partial charge in [0.2, 0.25) is 17.2 Å². The van der Waals surface area contributed by atoms with Gasteiger partial charge in [-0.25, -0.2) is 0 Å². The van der Waals surface area contributed by atoms with Gasteiger partial charge in [-0.2, -0.15) is 5.10 Å². The van der Waals surface area contributed by atoms with E-state index in [9.17, 15) is 14.4 Å². The molecule has 2 N–H and O–H groups in total. The number of carbonyl (C=O) groups is 2. The molecule has 7 heteroatoms. The van der Waals surface area contributed by atoms with E-state index in [2.05, 4.69) is 15.7 Å². The number of para-hydroxylation sites is 1. The van der Waals surface area contributed by atoms with Crippen molar-refractivity contribution in [3.8, 4) is 0 Å². The minimum atomic E-state index is -0.207. The maximum Gasteiger partial charge on any atom is 0.242 e. The summed E-state index contributed by atoms with van der Waals surface area (Å²) in [5, 5.41) is 10.5. The van der Waals surface area contributed by atoms with Gasteiger partial charge in [0.05, 0.1) is 17.8 Å². The summed E-state index contributed by atoms with van der Waals surface area (Å²) in [6.45, 7) is 1.91. The monoisotopic (exact) mass is 390 g/mol. The van der Waals surface area contributed by atoms with Crippen molar-refractivity contribution < 1.29 is 9.59 Å². The summed E-state index contributed by atoms with van der Waals surface area (Å²) in [6, 6.07) is 14.3. The van der Waals surface area contributed by atoms with Crippen molar-refractivity contribution >= 4 is 28.4 Å². The Kier molecular flexibility index (Phi) is 5.12. The predicted molar refractivity (Wildman–Crippen MR) is 110 cm³/mol. The highest BCUT2D eigenvalue weighted by Gasteiger charge is 2.29. The van der Waals surface area contributed by atoms with Gasteiger partial charge in [0.25, 0.3) is 0 Å². The van der Waals surface area contributed by atoms with E-state index in [0.29, 0.717) is 10.9 Å². The molecule has 1 aromatic heterocycles. The van der Waals surface area contributed by atoms with Gasteiger partial charge < -0.3 is 10.6 Å². The molecule has 1 atom stereocenters. The van der Waals surface area contributed by atoms with Gasteiger partial charge in [0.15, 0.2) is 0 Å². The molecule has 2 aromatic carbocycles. The maximum atomic E-state index is 12.5. The third kappa shape index (κ3) is 4.34. The number of aromatic nitrogens is 2. The Morgan fingerprint density at radius 1 is 1.14 bits per heavy atom. The van der Waals surface area contributed by atoms with E-state index in [-0.39, 0.29) is 35.7 Å². The number of amides is 2. The molecule has 0 radical (unpaired) electrons. The fourth-order valence-electron chi connectivity index (χ4n) is 3.24. The van der Waals surface area contributed by atoms with Gasteiger partial charge in [-0.3, -0.25) is 19.1 Å². The van der Waals surface area contributed by atoms with E-state index in [1.165, 1.54) is 10.9 Å². The average molecular weight is 390 g/mol. The Labute approximate surface area is 167 Å². The maximum absolute atomic E-state index is 12.5. The van der Waals surface area contributed by atoms with E-state index >= 15 is 0 Å². The van der Waals surface area contributed by atoms with Crippen LogP contribution in [0.4, 0.5) is 5.69 Å². The summed E-state index contributed by atoms with van der Waals surface area (Å²) in [5.74, 6) is 0.0237. The molecule has 1 fully saturated rings. The molecule has 0 spiro atoms. The third-order valence-corrected chi connectivity index (χ3v) is 5.06. The summed E-state index contributed by atoms with van der Waals surface area (Å²) < 4.78 is 1.52. The van der Waals surface area contributed by atoms with Gasteiger partial charge in [-0.05, 0) is 49.6 Å². The van der Waals surface area contributed by atoms with Gasteiger partial charge in [-0.15, -0.1) is 0 Å². The van der Waals surface area contributed by atoms with Crippen molar-refractivity contribution in [2.75, 3.05) is 5.32 Å². The molecule has 1 unspecified atom stereocenters. The molecule has 1 aliphatic rings. The standard InChI is InChI=1S/C22H22N4O3/c1-14(15-8-10-17(11-9-15)25-22(29)16-6-7-16)24-21(28)13-26-19-5-3-2-4-18(19)20(27)12-23-26/h2-5,8-12,14,16H,6-7,13H2,1H3,(H,24,28)(H,25,29). The van der Waals surface area contributed by atoms with Crippen LogP contribution in [0.3, 0.4) is 0 Å². The zero-order valence-corrected chi connectivity index (χ0v) is 16.1. The first-order valence-electron chi connectivity index (χ1n) is 9.66. The van der Waals surface area contributed by atoms with Gasteiger partial charge in [0, 0.05) is 17.0 Å². The zero-order chi connectivity index (χ0) is 20.4. The molecule has 4 rings (SSSR count). The first-order chi connectivity index (χ1) is 14.0. The van der Waals surface area contributed by atoms with E-state index in [4.69, 9.17) is 0 Å². The highest BCUT2D eigenvalue weighted by molar-refractivity contribution is 5.94. The lowest BCUT2D eigenvalue weighted by molar-refractivity contribution is -0.122. The Morgan fingerprint density at radius 2 is 1.86 bits per heavy atom. The number of nitrogens with zero attached hydrogens (tertiary/aromatic N) is 2. The second-order valence-corrected chi connectivity index (χ2v) is 7.36. The van der Waals surface area contributed by atoms with Crippen molar-refractivity contribution in [1.29, 1.82) is 0 Å². The van der Waals surface area contributed by atoms with Crippen molar-refractivity contribution in [3.63, 3.8) is 0 Å². The van der Waals surface area contributed by atoms with Crippen LogP contribution in [0.5, 0.6) is 0 Å². The normalized spacial score (nSPS) is 14.4. The summed E-state index contributed by atoms with van der Waals surface area (Å²) in [5.41, 5.74) is 2.15. The van der Waals surface area contributed by atoms with Crippen molar-refractivity contribution in [1.82, 2.24) is 15.1 Å². The van der Waals surface area contributed by atoms with Gasteiger partial charge >= 0.3 is 0 Å². The molecule has 148 valence electrons. The number of rotatable bonds is 6. The largest absolute Gasteiger partial charge is 0.348 e. The first-order valence-corrected chi connectivity index (χ1v) is 9.66. The zero-order valence-electron chi connectivity index (χ0n) is 16.1. The van der Waals surface area contributed by atoms with E-state index in [1.54, 1.807) is 18.2 Å². The third-order valence-electron chi connectivity index (χ3n) is 5.06. The van der Waals surface area contributed by atoms with E-state index < -0.39 is 0 Å². The second kappa shape index (κ2) is 7.87. The Morgan fingerprint density at radius 3 is 2.59 bits per heavy atom. The summed E-state index contributed by atoms with van der Waals surface area (Å²) >= 11 is 0. The van der Waals surface area contributed by atoms with Crippen LogP contribution in [0.2, 0.25) is 0 Å². The van der Waals surface area contributed by atoms with E-state index in [0.717, 1.165) is 24.1 Å². The average Bonchev–Trinajstić information content (AvgIpc) is 3.56. The molecule has 0 saturated heterocycles. The Bertz CT molecular complexity index is 1120. The van der Waals surface area contributed by atoms with Gasteiger partial charge in [-0.1, -0.05) is 24.3 Å². The molecular weight excluding hydrogens is 368 g/mol. The van der Waals surface area contributed by atoms with Crippen LogP contribution in [0, 0.1) is 5.92 Å². The van der Waals surface area contributed by atoms with Gasteiger partial charge in [0.1, 0.15) is 6.54 Å². The fraction of sp³-hybridized carbons (Fsp3) is 0.273. The molecule has 1 saturated carbocycles. The smallest absolute Gasteiger partial charge is 0.242 e. The highest BCUT2D eigenvalue weighted by Crippen LogP contribution is 2.30. The summed E-state index contributed by atoms with van der Waals surface area (Å²) in [4.78, 5) is 36.3. The quantitative estimate of drug-likeness (QED) is 0.677. The molecular formula is C22H22N4O3. The summed E-state index contributed by atoms with van der Waals surface area (Å²) in [6.07, 6.45) is 3.16. The van der Waals surface area contributed by atoms with Crippen LogP contribution >= 0.6 is 0 Å². The molecule has 1 aliphatic carbocycles. The SMILES string of the molecule is CC(NC(=O)Cn1ncc(=O)c2ccccc21)c1ccc(NC(=O)C2CC2)cc1. The number of hydrogen-bond acceptors (Lipinski definition) is 4. The number of carbonyl (C=O) groups excluding carboxylic acids is 2. The van der Waals surface area contributed by atoms with Crippen molar-refractivity contribution in [2.45, 2.75) is 32.4 Å². The fourth-order valence-corrected chi connectivity index (χ4v) is 3.24. The molecule has 2 amide bonds. The minimum absolute atomic E-state index is 0.0145. The molecule has 0 bridgehead atoms. The van der Waals surface area contributed by atoms with Crippen molar-refractivity contribution in [3.05, 3.63) is 70.5 Å². The number of benzene rings is 2. The van der Waals surface area contributed by atoms with Crippen LogP contribution in [-0.2, 0) is 16.1 Å². The van der Waals surface area contributed by atoms with E-state index in [1.807, 2.05) is 37.3 Å². The predicted octanol–water partition coefficient (Wildman–Crippen LogP) is 2.62. The minimum Gasteiger partial charge on any atom is -0.348 e.